The summed E-state index contributed by atoms with van der Waals surface area (Å²) in [5.74, 6) is -0.802. The van der Waals surface area contributed by atoms with Crippen molar-refractivity contribution in [3.05, 3.63) is 42.5 Å². The molecular weight excluding hydrogens is 282 g/mol. The number of carboxylic acids is 1. The predicted octanol–water partition coefficient (Wildman–Crippen LogP) is 2.15. The fourth-order valence-electron chi connectivity index (χ4n) is 2.74. The van der Waals surface area contributed by atoms with E-state index in [2.05, 4.69) is 0 Å². The van der Waals surface area contributed by atoms with Crippen molar-refractivity contribution in [2.45, 2.75) is 6.42 Å². The number of carbonyl (C=O) groups excluding carboxylic acids is 1. The largest absolute Gasteiger partial charge is 0.483 e. The first-order chi connectivity index (χ1) is 10.6. The van der Waals surface area contributed by atoms with Crippen LogP contribution in [0.4, 0.5) is 0 Å². The molecule has 0 aliphatic carbocycles. The molecule has 1 amide bonds. The third-order valence-electron chi connectivity index (χ3n) is 3.99. The molecule has 1 atom stereocenters. The maximum atomic E-state index is 12.1. The van der Waals surface area contributed by atoms with E-state index in [-0.39, 0.29) is 19.1 Å². The average Bonchev–Trinajstić information content (AvgIpc) is 3.03. The van der Waals surface area contributed by atoms with Crippen LogP contribution < -0.4 is 4.74 Å². The number of amides is 1. The van der Waals surface area contributed by atoms with Crippen molar-refractivity contribution in [3.63, 3.8) is 0 Å². The van der Waals surface area contributed by atoms with Gasteiger partial charge in [-0.25, -0.2) is 0 Å². The van der Waals surface area contributed by atoms with Crippen LogP contribution in [-0.4, -0.2) is 41.6 Å². The molecule has 2 aromatic carbocycles. The van der Waals surface area contributed by atoms with Crippen molar-refractivity contribution in [2.75, 3.05) is 19.7 Å². The van der Waals surface area contributed by atoms with Crippen LogP contribution in [0.3, 0.4) is 0 Å². The second kappa shape index (κ2) is 6.05. The number of carbonyl (C=O) groups is 2. The van der Waals surface area contributed by atoms with Gasteiger partial charge in [0.05, 0.1) is 5.92 Å². The molecule has 1 saturated heterocycles. The van der Waals surface area contributed by atoms with Gasteiger partial charge in [0, 0.05) is 18.5 Å². The van der Waals surface area contributed by atoms with Crippen LogP contribution in [0, 0.1) is 5.92 Å². The summed E-state index contributed by atoms with van der Waals surface area (Å²) < 4.78 is 5.65. The maximum Gasteiger partial charge on any atom is 0.308 e. The molecular formula is C17H17NO4. The van der Waals surface area contributed by atoms with Crippen molar-refractivity contribution >= 4 is 22.6 Å². The molecule has 1 fully saturated rings. The summed E-state index contributed by atoms with van der Waals surface area (Å²) in [5, 5.41) is 11.0. The molecule has 22 heavy (non-hydrogen) atoms. The zero-order chi connectivity index (χ0) is 15.5. The van der Waals surface area contributed by atoms with Gasteiger partial charge in [-0.1, -0.05) is 36.4 Å². The number of rotatable bonds is 4. The molecule has 1 N–H and O–H groups in total. The fourth-order valence-corrected chi connectivity index (χ4v) is 2.74. The minimum Gasteiger partial charge on any atom is -0.483 e. The third kappa shape index (κ3) is 2.88. The molecule has 114 valence electrons. The highest BCUT2D eigenvalue weighted by atomic mass is 16.5. The van der Waals surface area contributed by atoms with E-state index >= 15 is 0 Å². The van der Waals surface area contributed by atoms with Crippen LogP contribution >= 0.6 is 0 Å². The van der Waals surface area contributed by atoms with Crippen LogP contribution in [0.15, 0.2) is 42.5 Å². The molecule has 0 aromatic heterocycles. The van der Waals surface area contributed by atoms with Crippen LogP contribution in [0.1, 0.15) is 6.42 Å². The van der Waals surface area contributed by atoms with E-state index in [4.69, 9.17) is 9.84 Å². The highest BCUT2D eigenvalue weighted by Crippen LogP contribution is 2.25. The first-order valence-corrected chi connectivity index (χ1v) is 7.26. The number of hydrogen-bond acceptors (Lipinski definition) is 3. The second-order valence-corrected chi connectivity index (χ2v) is 5.43. The van der Waals surface area contributed by atoms with Crippen LogP contribution in [0.2, 0.25) is 0 Å². The normalized spacial score (nSPS) is 17.6. The Labute approximate surface area is 128 Å². The molecule has 2 aromatic rings. The molecule has 1 unspecified atom stereocenters. The van der Waals surface area contributed by atoms with E-state index < -0.39 is 11.9 Å². The lowest BCUT2D eigenvalue weighted by atomic mass is 10.1. The Bertz CT molecular complexity index is 707. The highest BCUT2D eigenvalue weighted by Gasteiger charge is 2.30. The first-order valence-electron chi connectivity index (χ1n) is 7.26. The van der Waals surface area contributed by atoms with Crippen molar-refractivity contribution in [1.29, 1.82) is 0 Å². The lowest BCUT2D eigenvalue weighted by Crippen LogP contribution is -2.33. The number of nitrogens with zero attached hydrogens (tertiary/aromatic N) is 1. The van der Waals surface area contributed by atoms with E-state index in [1.807, 2.05) is 42.5 Å². The van der Waals surface area contributed by atoms with E-state index in [9.17, 15) is 9.59 Å². The summed E-state index contributed by atoms with van der Waals surface area (Å²) in [4.78, 5) is 24.6. The Morgan fingerprint density at radius 2 is 1.95 bits per heavy atom. The summed E-state index contributed by atoms with van der Waals surface area (Å²) in [6.07, 6.45) is 0.509. The summed E-state index contributed by atoms with van der Waals surface area (Å²) in [5.41, 5.74) is 0. The topological polar surface area (TPSA) is 66.8 Å². The Morgan fingerprint density at radius 1 is 1.18 bits per heavy atom. The van der Waals surface area contributed by atoms with E-state index in [0.29, 0.717) is 18.7 Å². The second-order valence-electron chi connectivity index (χ2n) is 5.43. The van der Waals surface area contributed by atoms with Crippen molar-refractivity contribution in [2.24, 2.45) is 5.92 Å². The SMILES string of the molecule is O=C(O)C1CCN(C(=O)COc2cccc3ccccc23)C1. The number of carboxylic acid groups (broad SMARTS) is 1. The van der Waals surface area contributed by atoms with Gasteiger partial charge in [0.15, 0.2) is 6.61 Å². The Hall–Kier alpha value is -2.56. The van der Waals surface area contributed by atoms with Crippen molar-refractivity contribution in [3.8, 4) is 5.75 Å². The predicted molar refractivity (Wildman–Crippen MR) is 81.8 cm³/mol. The smallest absolute Gasteiger partial charge is 0.308 e. The molecule has 0 radical (unpaired) electrons. The van der Waals surface area contributed by atoms with Gasteiger partial charge in [-0.15, -0.1) is 0 Å². The number of hydrogen-bond donors (Lipinski definition) is 1. The highest BCUT2D eigenvalue weighted by molar-refractivity contribution is 5.88. The number of benzene rings is 2. The Balaban J connectivity index is 1.65. The van der Waals surface area contributed by atoms with E-state index in [1.165, 1.54) is 0 Å². The summed E-state index contributed by atoms with van der Waals surface area (Å²) in [7, 11) is 0. The van der Waals surface area contributed by atoms with E-state index in [0.717, 1.165) is 10.8 Å². The monoisotopic (exact) mass is 299 g/mol. The molecule has 0 saturated carbocycles. The molecule has 1 aliphatic heterocycles. The van der Waals surface area contributed by atoms with Gasteiger partial charge in [0.25, 0.3) is 5.91 Å². The molecule has 1 heterocycles. The van der Waals surface area contributed by atoms with Crippen LogP contribution in [0.25, 0.3) is 10.8 Å². The molecule has 1 aliphatic rings. The van der Waals surface area contributed by atoms with Gasteiger partial charge in [0.1, 0.15) is 5.75 Å². The summed E-state index contributed by atoms with van der Waals surface area (Å²) in [6, 6.07) is 13.5. The fraction of sp³-hybridized carbons (Fsp3) is 0.294. The molecule has 0 bridgehead atoms. The summed E-state index contributed by atoms with van der Waals surface area (Å²) >= 11 is 0. The summed E-state index contributed by atoms with van der Waals surface area (Å²) in [6.45, 7) is 0.683. The molecule has 5 nitrogen and oxygen atoms in total. The number of likely N-dealkylation sites (tertiary alicyclic amines) is 1. The Morgan fingerprint density at radius 3 is 2.73 bits per heavy atom. The molecule has 0 spiro atoms. The zero-order valence-electron chi connectivity index (χ0n) is 12.1. The third-order valence-corrected chi connectivity index (χ3v) is 3.99. The standard InChI is InChI=1S/C17H17NO4/c19-16(18-9-8-13(10-18)17(20)21)11-22-15-7-3-5-12-4-1-2-6-14(12)15/h1-7,13H,8-11H2,(H,20,21). The minimum atomic E-state index is -0.842. The molecule has 5 heteroatoms. The van der Waals surface area contributed by atoms with Gasteiger partial charge >= 0.3 is 5.97 Å². The average molecular weight is 299 g/mol. The minimum absolute atomic E-state index is 0.0691. The van der Waals surface area contributed by atoms with Crippen LogP contribution in [0.5, 0.6) is 5.75 Å². The van der Waals surface area contributed by atoms with Gasteiger partial charge < -0.3 is 14.7 Å². The van der Waals surface area contributed by atoms with Crippen LogP contribution in [-0.2, 0) is 9.59 Å². The van der Waals surface area contributed by atoms with Gasteiger partial charge in [-0.3, -0.25) is 9.59 Å². The molecule has 3 rings (SSSR count). The zero-order valence-corrected chi connectivity index (χ0v) is 12.1. The number of aliphatic carboxylic acids is 1. The maximum absolute atomic E-state index is 12.1. The lowest BCUT2D eigenvalue weighted by Gasteiger charge is -2.16. The van der Waals surface area contributed by atoms with Gasteiger partial charge in [-0.05, 0) is 17.9 Å². The first kappa shape index (κ1) is 14.4. The van der Waals surface area contributed by atoms with E-state index in [1.54, 1.807) is 4.90 Å². The van der Waals surface area contributed by atoms with Gasteiger partial charge in [-0.2, -0.15) is 0 Å². The van der Waals surface area contributed by atoms with Crippen molar-refractivity contribution < 1.29 is 19.4 Å². The quantitative estimate of drug-likeness (QED) is 0.939. The lowest BCUT2D eigenvalue weighted by molar-refractivity contribution is -0.141. The van der Waals surface area contributed by atoms with Gasteiger partial charge in [0.2, 0.25) is 0 Å². The number of ether oxygens (including phenoxy) is 1. The number of fused-ring (bicyclic) bond motifs is 1. The van der Waals surface area contributed by atoms with Crippen molar-refractivity contribution in [1.82, 2.24) is 4.90 Å². The Kier molecular flexibility index (Phi) is 3.96.